The van der Waals surface area contributed by atoms with E-state index in [-0.39, 0.29) is 5.91 Å². The summed E-state index contributed by atoms with van der Waals surface area (Å²) in [5.74, 6) is 1.54. The van der Waals surface area contributed by atoms with Crippen molar-refractivity contribution in [2.75, 3.05) is 26.3 Å². The van der Waals surface area contributed by atoms with Crippen LogP contribution in [-0.2, 0) is 9.53 Å². The molecule has 0 aromatic carbocycles. The lowest BCUT2D eigenvalue weighted by atomic mass is 9.97. The average Bonchev–Trinajstić information content (AvgIpc) is 2.93. The van der Waals surface area contributed by atoms with Gasteiger partial charge in [0.25, 0.3) is 0 Å². The lowest BCUT2D eigenvalue weighted by molar-refractivity contribution is -0.133. The molecule has 0 aliphatic carbocycles. The third-order valence-electron chi connectivity index (χ3n) is 3.34. The first-order valence-corrected chi connectivity index (χ1v) is 6.66. The van der Waals surface area contributed by atoms with Crippen LogP contribution in [0.1, 0.15) is 37.9 Å². The standard InChI is InChI=1S/C13H21N3O2/c1-2-18-9-5-12(17)16-8-3-4-11(10-16)13-14-6-7-15-13/h6-7,11H,2-5,8-10H2,1H3,(H,14,15)/t11-/m0/s1. The Morgan fingerprint density at radius 2 is 2.56 bits per heavy atom. The Kier molecular flexibility index (Phi) is 4.75. The van der Waals surface area contributed by atoms with Crippen molar-refractivity contribution < 1.29 is 9.53 Å². The molecule has 1 atom stereocenters. The number of hydrogen-bond donors (Lipinski definition) is 1. The second kappa shape index (κ2) is 6.54. The first kappa shape index (κ1) is 13.1. The van der Waals surface area contributed by atoms with Crippen LogP contribution in [0.4, 0.5) is 0 Å². The molecule has 5 nitrogen and oxygen atoms in total. The minimum Gasteiger partial charge on any atom is -0.381 e. The molecule has 0 spiro atoms. The average molecular weight is 251 g/mol. The van der Waals surface area contributed by atoms with Crippen LogP contribution < -0.4 is 0 Å². The summed E-state index contributed by atoms with van der Waals surface area (Å²) in [7, 11) is 0. The van der Waals surface area contributed by atoms with Crippen molar-refractivity contribution in [1.82, 2.24) is 14.9 Å². The van der Waals surface area contributed by atoms with Crippen LogP contribution in [0.3, 0.4) is 0 Å². The van der Waals surface area contributed by atoms with Crippen molar-refractivity contribution >= 4 is 5.91 Å². The van der Waals surface area contributed by atoms with Gasteiger partial charge in [-0.25, -0.2) is 4.98 Å². The Morgan fingerprint density at radius 3 is 3.28 bits per heavy atom. The maximum Gasteiger partial charge on any atom is 0.224 e. The SMILES string of the molecule is CCOCCC(=O)N1CCC[C@H](c2ncc[nH]2)C1. The molecule has 5 heteroatoms. The van der Waals surface area contributed by atoms with E-state index in [1.807, 2.05) is 18.0 Å². The summed E-state index contributed by atoms with van der Waals surface area (Å²) in [4.78, 5) is 21.4. The monoisotopic (exact) mass is 251 g/mol. The van der Waals surface area contributed by atoms with Crippen molar-refractivity contribution in [1.29, 1.82) is 0 Å². The van der Waals surface area contributed by atoms with Gasteiger partial charge >= 0.3 is 0 Å². The van der Waals surface area contributed by atoms with E-state index < -0.39 is 0 Å². The first-order valence-electron chi connectivity index (χ1n) is 6.66. The van der Waals surface area contributed by atoms with Crippen molar-refractivity contribution in [2.45, 2.75) is 32.1 Å². The number of amides is 1. The molecule has 18 heavy (non-hydrogen) atoms. The normalized spacial score (nSPS) is 20.1. The van der Waals surface area contributed by atoms with Gasteiger partial charge in [0.2, 0.25) is 5.91 Å². The zero-order valence-corrected chi connectivity index (χ0v) is 10.9. The maximum absolute atomic E-state index is 12.0. The number of hydrogen-bond acceptors (Lipinski definition) is 3. The molecule has 1 saturated heterocycles. The van der Waals surface area contributed by atoms with Crippen LogP contribution in [-0.4, -0.2) is 47.1 Å². The fourth-order valence-electron chi connectivity index (χ4n) is 2.39. The smallest absolute Gasteiger partial charge is 0.224 e. The maximum atomic E-state index is 12.0. The molecule has 0 unspecified atom stereocenters. The second-order valence-corrected chi connectivity index (χ2v) is 4.60. The summed E-state index contributed by atoms with van der Waals surface area (Å²) in [6.45, 7) is 4.78. The molecule has 0 saturated carbocycles. The Labute approximate surface area is 108 Å². The Morgan fingerprint density at radius 1 is 1.67 bits per heavy atom. The number of carbonyl (C=O) groups excluding carboxylic acids is 1. The highest BCUT2D eigenvalue weighted by atomic mass is 16.5. The Balaban J connectivity index is 1.84. The minimum atomic E-state index is 0.194. The second-order valence-electron chi connectivity index (χ2n) is 4.60. The molecular weight excluding hydrogens is 230 g/mol. The summed E-state index contributed by atoms with van der Waals surface area (Å²) in [5.41, 5.74) is 0. The lowest BCUT2D eigenvalue weighted by Crippen LogP contribution is -2.39. The van der Waals surface area contributed by atoms with Crippen molar-refractivity contribution in [2.24, 2.45) is 0 Å². The number of piperidine rings is 1. The quantitative estimate of drug-likeness (QED) is 0.808. The number of likely N-dealkylation sites (tertiary alicyclic amines) is 1. The summed E-state index contributed by atoms with van der Waals surface area (Å²) in [5, 5.41) is 0. The summed E-state index contributed by atoms with van der Waals surface area (Å²) < 4.78 is 5.23. The summed E-state index contributed by atoms with van der Waals surface area (Å²) in [6, 6.07) is 0. The van der Waals surface area contributed by atoms with Gasteiger partial charge in [-0.1, -0.05) is 0 Å². The number of rotatable bonds is 5. The van der Waals surface area contributed by atoms with E-state index in [1.165, 1.54) is 0 Å². The van der Waals surface area contributed by atoms with Gasteiger partial charge in [0, 0.05) is 38.0 Å². The van der Waals surface area contributed by atoms with E-state index >= 15 is 0 Å². The summed E-state index contributed by atoms with van der Waals surface area (Å²) >= 11 is 0. The van der Waals surface area contributed by atoms with Crippen molar-refractivity contribution in [3.05, 3.63) is 18.2 Å². The molecular formula is C13H21N3O2. The third-order valence-corrected chi connectivity index (χ3v) is 3.34. The van der Waals surface area contributed by atoms with Crippen molar-refractivity contribution in [3.63, 3.8) is 0 Å². The molecule has 2 rings (SSSR count). The number of carbonyl (C=O) groups is 1. The van der Waals surface area contributed by atoms with Crippen molar-refractivity contribution in [3.8, 4) is 0 Å². The molecule has 1 aromatic heterocycles. The molecule has 1 N–H and O–H groups in total. The van der Waals surface area contributed by atoms with Gasteiger partial charge in [0.05, 0.1) is 13.0 Å². The van der Waals surface area contributed by atoms with Crippen LogP contribution in [0.15, 0.2) is 12.4 Å². The predicted molar refractivity (Wildman–Crippen MR) is 68.3 cm³/mol. The number of imidazole rings is 1. The number of H-pyrrole nitrogens is 1. The van der Waals surface area contributed by atoms with Crippen LogP contribution >= 0.6 is 0 Å². The highest BCUT2D eigenvalue weighted by Gasteiger charge is 2.25. The van der Waals surface area contributed by atoms with Gasteiger partial charge in [0.15, 0.2) is 0 Å². The van der Waals surface area contributed by atoms with E-state index in [2.05, 4.69) is 9.97 Å². The number of nitrogens with zero attached hydrogens (tertiary/aromatic N) is 2. The molecule has 1 amide bonds. The number of ether oxygens (including phenoxy) is 1. The number of nitrogens with one attached hydrogen (secondary N) is 1. The fourth-order valence-corrected chi connectivity index (χ4v) is 2.39. The molecule has 1 fully saturated rings. The zero-order valence-electron chi connectivity index (χ0n) is 10.9. The summed E-state index contributed by atoms with van der Waals surface area (Å²) in [6.07, 6.45) is 6.24. The van der Waals surface area contributed by atoms with Crippen LogP contribution in [0.5, 0.6) is 0 Å². The topological polar surface area (TPSA) is 58.2 Å². The van der Waals surface area contributed by atoms with E-state index in [0.29, 0.717) is 25.6 Å². The molecule has 1 aromatic rings. The van der Waals surface area contributed by atoms with E-state index in [9.17, 15) is 4.79 Å². The third kappa shape index (κ3) is 3.32. The van der Waals surface area contributed by atoms with Crippen LogP contribution in [0.25, 0.3) is 0 Å². The molecule has 1 aliphatic rings. The largest absolute Gasteiger partial charge is 0.381 e. The Bertz CT molecular complexity index is 364. The Hall–Kier alpha value is -1.36. The van der Waals surface area contributed by atoms with E-state index in [4.69, 9.17) is 4.74 Å². The molecule has 100 valence electrons. The highest BCUT2D eigenvalue weighted by molar-refractivity contribution is 5.76. The van der Waals surface area contributed by atoms with Gasteiger partial charge in [-0.15, -0.1) is 0 Å². The molecule has 0 bridgehead atoms. The highest BCUT2D eigenvalue weighted by Crippen LogP contribution is 2.24. The number of aromatic nitrogens is 2. The van der Waals surface area contributed by atoms with Gasteiger partial charge in [-0.3, -0.25) is 4.79 Å². The van der Waals surface area contributed by atoms with Crippen LogP contribution in [0, 0.1) is 0 Å². The zero-order chi connectivity index (χ0) is 12.8. The number of aromatic amines is 1. The predicted octanol–water partition coefficient (Wildman–Crippen LogP) is 1.54. The lowest BCUT2D eigenvalue weighted by Gasteiger charge is -2.32. The van der Waals surface area contributed by atoms with Gasteiger partial charge in [-0.05, 0) is 19.8 Å². The molecule has 2 heterocycles. The van der Waals surface area contributed by atoms with E-state index in [0.717, 1.165) is 31.8 Å². The minimum absolute atomic E-state index is 0.194. The van der Waals surface area contributed by atoms with E-state index in [1.54, 1.807) is 6.20 Å². The fraction of sp³-hybridized carbons (Fsp3) is 0.692. The van der Waals surface area contributed by atoms with Gasteiger partial charge in [0.1, 0.15) is 5.82 Å². The first-order chi connectivity index (χ1) is 8.81. The van der Waals surface area contributed by atoms with Gasteiger partial charge < -0.3 is 14.6 Å². The van der Waals surface area contributed by atoms with Crippen LogP contribution in [0.2, 0.25) is 0 Å². The van der Waals surface area contributed by atoms with Gasteiger partial charge in [-0.2, -0.15) is 0 Å². The molecule has 0 radical (unpaired) electrons. The molecule has 1 aliphatic heterocycles.